The maximum Gasteiger partial charge on any atom is 0.280 e. The molecule has 12 nitrogen and oxygen atoms in total. The highest BCUT2D eigenvalue weighted by Crippen LogP contribution is 2.16. The molecule has 0 unspecified atom stereocenters. The van der Waals surface area contributed by atoms with Crippen LogP contribution in [0.2, 0.25) is 0 Å². The van der Waals surface area contributed by atoms with E-state index in [0.29, 0.717) is 19.8 Å². The summed E-state index contributed by atoms with van der Waals surface area (Å²) in [4.78, 5) is 14.7. The Morgan fingerprint density at radius 2 is 0.632 bits per heavy atom. The number of hydrogen-bond donors (Lipinski definition) is 3. The van der Waals surface area contributed by atoms with E-state index in [-0.39, 0.29) is 0 Å². The van der Waals surface area contributed by atoms with Crippen LogP contribution in [0.4, 0.5) is 0 Å². The van der Waals surface area contributed by atoms with Crippen molar-refractivity contribution < 1.29 is 14.2 Å². The van der Waals surface area contributed by atoms with Gasteiger partial charge >= 0.3 is 0 Å². The Hall–Kier alpha value is -0.480. The molecule has 3 aliphatic heterocycles. The third-order valence-corrected chi connectivity index (χ3v) is 8.05. The average Bonchev–Trinajstić information content (AvgIpc) is 2.92. The molecule has 38 heavy (non-hydrogen) atoms. The van der Waals surface area contributed by atoms with E-state index in [0.717, 1.165) is 137 Å². The topological polar surface area (TPSA) is 125 Å². The summed E-state index contributed by atoms with van der Waals surface area (Å²) in [6.07, 6.45) is 0. The van der Waals surface area contributed by atoms with Gasteiger partial charge in [0.15, 0.2) is 0 Å². The zero-order chi connectivity index (χ0) is 27.1. The van der Waals surface area contributed by atoms with Crippen molar-refractivity contribution in [3.63, 3.8) is 0 Å². The molecule has 224 valence electrons. The summed E-state index contributed by atoms with van der Waals surface area (Å²) >= 11 is 0. The van der Waals surface area contributed by atoms with Gasteiger partial charge in [-0.2, -0.15) is 0 Å². The molecule has 0 aromatic rings. The van der Waals surface area contributed by atoms with Crippen molar-refractivity contribution in [3.05, 3.63) is 0 Å². The summed E-state index contributed by atoms with van der Waals surface area (Å²) in [7, 11) is 0. The van der Waals surface area contributed by atoms with Gasteiger partial charge in [0.1, 0.15) is 0 Å². The molecule has 0 atom stereocenters. The van der Waals surface area contributed by atoms with Crippen LogP contribution in [0.15, 0.2) is 0 Å². The van der Waals surface area contributed by atoms with Crippen LogP contribution in [0.25, 0.3) is 0 Å². The van der Waals surface area contributed by atoms with Crippen molar-refractivity contribution >= 4 is 0 Å². The summed E-state index contributed by atoms with van der Waals surface area (Å²) in [6, 6.07) is 0. The minimum absolute atomic E-state index is 0.586. The number of piperazine rings is 3. The van der Waals surface area contributed by atoms with Gasteiger partial charge in [-0.1, -0.05) is 0 Å². The first-order valence-corrected chi connectivity index (χ1v) is 14.9. The summed E-state index contributed by atoms with van der Waals surface area (Å²) < 4.78 is 18.8. The van der Waals surface area contributed by atoms with Gasteiger partial charge in [0.2, 0.25) is 0 Å². The standard InChI is InChI=1S/C26H57N9O3/c1-26(36-23-20-33-14-8-30(5-2-27)9-15-33,37-24-21-34-16-10-31(6-3-28)11-17-34)38-25-22-35-18-12-32(7-4-29)13-19-35/h2-25,27-29H2,1H3. The molecule has 6 N–H and O–H groups in total. The predicted molar refractivity (Wildman–Crippen MR) is 152 cm³/mol. The minimum atomic E-state index is -1.04. The number of rotatable bonds is 18. The molecule has 12 heteroatoms. The lowest BCUT2D eigenvalue weighted by Crippen LogP contribution is -2.50. The number of ether oxygens (including phenoxy) is 3. The highest BCUT2D eigenvalue weighted by atomic mass is 16.9. The van der Waals surface area contributed by atoms with E-state index in [1.165, 1.54) is 0 Å². The molecule has 0 aromatic carbocycles. The van der Waals surface area contributed by atoms with Crippen molar-refractivity contribution in [1.82, 2.24) is 29.4 Å². The first-order chi connectivity index (χ1) is 18.5. The van der Waals surface area contributed by atoms with Gasteiger partial charge in [-0.3, -0.25) is 29.4 Å². The Labute approximate surface area is 231 Å². The van der Waals surface area contributed by atoms with Gasteiger partial charge in [0.05, 0.1) is 19.8 Å². The molecule has 0 bridgehead atoms. The molecule has 0 radical (unpaired) electrons. The zero-order valence-electron chi connectivity index (χ0n) is 24.1. The van der Waals surface area contributed by atoms with Gasteiger partial charge in [-0.05, 0) is 0 Å². The van der Waals surface area contributed by atoms with E-state index in [4.69, 9.17) is 31.4 Å². The van der Waals surface area contributed by atoms with Gasteiger partial charge < -0.3 is 31.4 Å². The second kappa shape index (κ2) is 18.1. The number of nitrogens with two attached hydrogens (primary N) is 3. The maximum absolute atomic E-state index is 6.28. The lowest BCUT2D eigenvalue weighted by molar-refractivity contribution is -0.371. The number of hydrogen-bond acceptors (Lipinski definition) is 12. The van der Waals surface area contributed by atoms with Crippen molar-refractivity contribution in [2.45, 2.75) is 12.9 Å². The average molecular weight is 544 g/mol. The Bertz CT molecular complexity index is 518. The highest BCUT2D eigenvalue weighted by molar-refractivity contribution is 4.74. The molecule has 0 spiro atoms. The van der Waals surface area contributed by atoms with Crippen molar-refractivity contribution in [3.8, 4) is 0 Å². The van der Waals surface area contributed by atoms with Crippen LogP contribution < -0.4 is 17.2 Å². The van der Waals surface area contributed by atoms with E-state index < -0.39 is 5.97 Å². The van der Waals surface area contributed by atoms with E-state index in [1.807, 2.05) is 6.92 Å². The molecule has 0 aliphatic carbocycles. The van der Waals surface area contributed by atoms with E-state index in [9.17, 15) is 0 Å². The lowest BCUT2D eigenvalue weighted by Gasteiger charge is -2.37. The SMILES string of the molecule is CC(OCCN1CCN(CCN)CC1)(OCCN1CCN(CCN)CC1)OCCN1CCN(CCN)CC1. The van der Waals surface area contributed by atoms with Crippen molar-refractivity contribution in [2.75, 3.05) is 157 Å². The fourth-order valence-corrected chi connectivity index (χ4v) is 5.46. The van der Waals surface area contributed by atoms with Gasteiger partial charge in [0.25, 0.3) is 5.97 Å². The molecule has 3 saturated heterocycles. The lowest BCUT2D eigenvalue weighted by atomic mass is 10.3. The molecule has 3 rings (SSSR count). The van der Waals surface area contributed by atoms with Crippen LogP contribution >= 0.6 is 0 Å². The molecule has 3 heterocycles. The van der Waals surface area contributed by atoms with Crippen LogP contribution in [0.1, 0.15) is 6.92 Å². The maximum atomic E-state index is 6.28. The molecule has 0 saturated carbocycles. The first-order valence-electron chi connectivity index (χ1n) is 14.9. The van der Waals surface area contributed by atoms with E-state index >= 15 is 0 Å². The first kappa shape index (κ1) is 32.0. The molecule has 3 fully saturated rings. The third kappa shape index (κ3) is 11.9. The highest BCUT2D eigenvalue weighted by Gasteiger charge is 2.29. The Kier molecular flexibility index (Phi) is 15.2. The molecular formula is C26H57N9O3. The Morgan fingerprint density at radius 1 is 0.421 bits per heavy atom. The fourth-order valence-electron chi connectivity index (χ4n) is 5.46. The fraction of sp³-hybridized carbons (Fsp3) is 1.00. The quantitative estimate of drug-likeness (QED) is 0.158. The largest absolute Gasteiger partial charge is 0.329 e. The van der Waals surface area contributed by atoms with Crippen molar-refractivity contribution in [1.29, 1.82) is 0 Å². The van der Waals surface area contributed by atoms with Crippen molar-refractivity contribution in [2.24, 2.45) is 17.2 Å². The molecule has 3 aliphatic rings. The second-order valence-electron chi connectivity index (χ2n) is 10.8. The zero-order valence-corrected chi connectivity index (χ0v) is 24.1. The summed E-state index contributed by atoms with van der Waals surface area (Å²) in [6.45, 7) is 24.2. The second-order valence-corrected chi connectivity index (χ2v) is 10.8. The van der Waals surface area contributed by atoms with E-state index in [1.54, 1.807) is 0 Å². The monoisotopic (exact) mass is 543 g/mol. The van der Waals surface area contributed by atoms with Crippen LogP contribution in [0.3, 0.4) is 0 Å². The van der Waals surface area contributed by atoms with Crippen LogP contribution in [0.5, 0.6) is 0 Å². The van der Waals surface area contributed by atoms with Crippen LogP contribution in [-0.4, -0.2) is 193 Å². The van der Waals surface area contributed by atoms with Crippen LogP contribution in [0, 0.1) is 0 Å². The number of nitrogens with zero attached hydrogens (tertiary/aromatic N) is 6. The molecule has 0 aromatic heterocycles. The Balaban J connectivity index is 1.39. The minimum Gasteiger partial charge on any atom is -0.329 e. The molecular weight excluding hydrogens is 486 g/mol. The summed E-state index contributed by atoms with van der Waals surface area (Å²) in [5, 5.41) is 0. The van der Waals surface area contributed by atoms with Gasteiger partial charge in [-0.25, -0.2) is 0 Å². The Morgan fingerprint density at radius 3 is 0.842 bits per heavy atom. The van der Waals surface area contributed by atoms with E-state index in [2.05, 4.69) is 29.4 Å². The van der Waals surface area contributed by atoms with Crippen LogP contribution in [-0.2, 0) is 14.2 Å². The van der Waals surface area contributed by atoms with Gasteiger partial charge in [-0.15, -0.1) is 0 Å². The summed E-state index contributed by atoms with van der Waals surface area (Å²) in [5.74, 6) is -1.04. The smallest absolute Gasteiger partial charge is 0.280 e. The summed E-state index contributed by atoms with van der Waals surface area (Å²) in [5.41, 5.74) is 17.1. The predicted octanol–water partition coefficient (Wildman–Crippen LogP) is -2.56. The third-order valence-electron chi connectivity index (χ3n) is 8.05. The van der Waals surface area contributed by atoms with Gasteiger partial charge in [0, 0.05) is 144 Å². The normalized spacial score (nSPS) is 22.4. The molecule has 0 amide bonds.